The first-order valence-corrected chi connectivity index (χ1v) is 9.01. The van der Waals surface area contributed by atoms with Gasteiger partial charge in [0.05, 0.1) is 0 Å². The minimum atomic E-state index is -0.138. The van der Waals surface area contributed by atoms with E-state index in [0.717, 1.165) is 10.4 Å². The molecular formula is C16H10STe. The van der Waals surface area contributed by atoms with E-state index in [4.69, 9.17) is 0 Å². The molecule has 0 nitrogen and oxygen atoms in total. The van der Waals surface area contributed by atoms with Crippen LogP contribution in [0.2, 0.25) is 0 Å². The monoisotopic (exact) mass is 364 g/mol. The molecule has 3 rings (SSSR count). The Morgan fingerprint density at radius 2 is 1.83 bits per heavy atom. The SMILES string of the molecule is C(#Cc1ccccc1-c1ccc[te]1)c1cccs1. The summed E-state index contributed by atoms with van der Waals surface area (Å²) in [5.74, 6) is 6.55. The first-order chi connectivity index (χ1) is 8.93. The van der Waals surface area contributed by atoms with E-state index in [1.54, 1.807) is 11.3 Å². The van der Waals surface area contributed by atoms with Gasteiger partial charge >= 0.3 is 121 Å². The summed E-state index contributed by atoms with van der Waals surface area (Å²) in [5, 5.41) is 2.06. The van der Waals surface area contributed by atoms with Crippen molar-refractivity contribution in [2.75, 3.05) is 0 Å². The third-order valence-electron chi connectivity index (χ3n) is 2.56. The predicted molar refractivity (Wildman–Crippen MR) is 79.1 cm³/mol. The van der Waals surface area contributed by atoms with Gasteiger partial charge in [-0.2, -0.15) is 0 Å². The molecular weight excluding hydrogens is 352 g/mol. The number of benzene rings is 1. The standard InChI is InChI=1S/C16H10STe/c1-2-7-15(16-8-4-12-18-16)13(5-1)9-10-14-6-3-11-17-14/h1-8,11-12H. The zero-order chi connectivity index (χ0) is 12.2. The van der Waals surface area contributed by atoms with Crippen LogP contribution in [0.25, 0.3) is 9.14 Å². The number of hydrogen-bond donors (Lipinski definition) is 0. The van der Waals surface area contributed by atoms with Crippen LogP contribution in [0.4, 0.5) is 0 Å². The van der Waals surface area contributed by atoms with Crippen LogP contribution in [-0.4, -0.2) is 20.4 Å². The van der Waals surface area contributed by atoms with Gasteiger partial charge in [-0.25, -0.2) is 0 Å². The minimum absolute atomic E-state index is 0.138. The fourth-order valence-corrected chi connectivity index (χ4v) is 4.47. The summed E-state index contributed by atoms with van der Waals surface area (Å²) in [6.07, 6.45) is 0. The molecule has 2 heterocycles. The molecule has 0 saturated carbocycles. The van der Waals surface area contributed by atoms with Gasteiger partial charge in [0, 0.05) is 0 Å². The van der Waals surface area contributed by atoms with Gasteiger partial charge in [0.1, 0.15) is 0 Å². The topological polar surface area (TPSA) is 0 Å². The zero-order valence-corrected chi connectivity index (χ0v) is 12.7. The van der Waals surface area contributed by atoms with Gasteiger partial charge in [-0.3, -0.25) is 0 Å². The van der Waals surface area contributed by atoms with E-state index in [9.17, 15) is 0 Å². The zero-order valence-electron chi connectivity index (χ0n) is 9.59. The molecule has 2 heteroatoms. The van der Waals surface area contributed by atoms with E-state index in [1.807, 2.05) is 6.07 Å². The summed E-state index contributed by atoms with van der Waals surface area (Å²) in [7, 11) is 0. The third kappa shape index (κ3) is 2.60. The molecule has 0 fully saturated rings. The van der Waals surface area contributed by atoms with Crippen molar-refractivity contribution in [3.63, 3.8) is 0 Å². The summed E-state index contributed by atoms with van der Waals surface area (Å²) in [6, 6.07) is 16.9. The molecule has 0 bridgehead atoms. The Balaban J connectivity index is 2.03. The second-order valence-corrected chi connectivity index (χ2v) is 7.40. The number of rotatable bonds is 1. The maximum absolute atomic E-state index is 3.31. The molecule has 0 aliphatic rings. The molecule has 0 spiro atoms. The van der Waals surface area contributed by atoms with Crippen LogP contribution >= 0.6 is 11.3 Å². The molecule has 18 heavy (non-hydrogen) atoms. The molecule has 86 valence electrons. The second kappa shape index (κ2) is 5.59. The quantitative estimate of drug-likeness (QED) is 0.456. The molecule has 0 N–H and O–H groups in total. The van der Waals surface area contributed by atoms with Crippen molar-refractivity contribution in [2.45, 2.75) is 0 Å². The molecule has 0 amide bonds. The van der Waals surface area contributed by atoms with Gasteiger partial charge in [-0.1, -0.05) is 0 Å². The molecule has 3 aromatic rings. The van der Waals surface area contributed by atoms with Crippen LogP contribution in [0.1, 0.15) is 10.4 Å². The van der Waals surface area contributed by atoms with Crippen molar-refractivity contribution in [1.82, 2.24) is 0 Å². The normalized spacial score (nSPS) is 9.78. The Bertz CT molecular complexity index is 682. The van der Waals surface area contributed by atoms with E-state index >= 15 is 0 Å². The van der Waals surface area contributed by atoms with Crippen LogP contribution in [-0.2, 0) is 0 Å². The van der Waals surface area contributed by atoms with Gasteiger partial charge < -0.3 is 0 Å². The van der Waals surface area contributed by atoms with E-state index in [1.165, 1.54) is 9.14 Å². The van der Waals surface area contributed by atoms with Crippen LogP contribution < -0.4 is 0 Å². The fraction of sp³-hybridized carbons (Fsp3) is 0. The van der Waals surface area contributed by atoms with E-state index < -0.39 is 0 Å². The summed E-state index contributed by atoms with van der Waals surface area (Å²) < 4.78 is 3.79. The van der Waals surface area contributed by atoms with E-state index in [2.05, 4.69) is 63.8 Å². The van der Waals surface area contributed by atoms with Crippen molar-refractivity contribution < 1.29 is 0 Å². The second-order valence-electron chi connectivity index (χ2n) is 3.75. The first kappa shape index (κ1) is 11.8. The number of hydrogen-bond acceptors (Lipinski definition) is 1. The Kier molecular flexibility index (Phi) is 3.67. The van der Waals surface area contributed by atoms with Crippen molar-refractivity contribution in [3.05, 3.63) is 68.4 Å². The predicted octanol–water partition coefficient (Wildman–Crippen LogP) is 3.87. The molecule has 0 saturated heterocycles. The summed E-state index contributed by atoms with van der Waals surface area (Å²) in [5.41, 5.74) is 2.46. The van der Waals surface area contributed by atoms with Crippen LogP contribution in [0.5, 0.6) is 0 Å². The molecule has 0 atom stereocenters. The van der Waals surface area contributed by atoms with Crippen molar-refractivity contribution in [1.29, 1.82) is 0 Å². The average Bonchev–Trinajstić information content (AvgIpc) is 3.10. The van der Waals surface area contributed by atoms with Crippen molar-refractivity contribution in [3.8, 4) is 21.0 Å². The van der Waals surface area contributed by atoms with Crippen molar-refractivity contribution >= 4 is 31.8 Å². The van der Waals surface area contributed by atoms with Gasteiger partial charge in [0.15, 0.2) is 0 Å². The van der Waals surface area contributed by atoms with Gasteiger partial charge in [-0.05, 0) is 0 Å². The molecule has 0 aliphatic heterocycles. The molecule has 1 aromatic carbocycles. The van der Waals surface area contributed by atoms with Gasteiger partial charge in [0.25, 0.3) is 0 Å². The summed E-state index contributed by atoms with van der Waals surface area (Å²) >= 11 is 1.55. The van der Waals surface area contributed by atoms with E-state index in [-0.39, 0.29) is 20.4 Å². The van der Waals surface area contributed by atoms with E-state index in [0.29, 0.717) is 0 Å². The molecule has 2 aromatic heterocycles. The van der Waals surface area contributed by atoms with Crippen LogP contribution in [0, 0.1) is 11.8 Å². The van der Waals surface area contributed by atoms with Crippen LogP contribution in [0.3, 0.4) is 0 Å². The van der Waals surface area contributed by atoms with Crippen LogP contribution in [0.15, 0.2) is 58.0 Å². The Hall–Kier alpha value is -1.25. The summed E-state index contributed by atoms with van der Waals surface area (Å²) in [4.78, 5) is 1.12. The Morgan fingerprint density at radius 3 is 2.61 bits per heavy atom. The summed E-state index contributed by atoms with van der Waals surface area (Å²) in [6.45, 7) is 0. The fourth-order valence-electron chi connectivity index (χ4n) is 1.72. The number of thiophene rings is 1. The Morgan fingerprint density at radius 1 is 0.889 bits per heavy atom. The maximum atomic E-state index is 3.31. The molecule has 0 radical (unpaired) electrons. The first-order valence-electron chi connectivity index (χ1n) is 5.62. The Labute approximate surface area is 121 Å². The van der Waals surface area contributed by atoms with Gasteiger partial charge in [-0.15, -0.1) is 0 Å². The van der Waals surface area contributed by atoms with Crippen molar-refractivity contribution in [2.24, 2.45) is 0 Å². The average molecular weight is 362 g/mol. The molecule has 0 aliphatic carbocycles. The third-order valence-corrected chi connectivity index (χ3v) is 5.92. The van der Waals surface area contributed by atoms with Gasteiger partial charge in [0.2, 0.25) is 0 Å². The molecule has 0 unspecified atom stereocenters.